The zero-order chi connectivity index (χ0) is 21.8. The van der Waals surface area contributed by atoms with E-state index in [9.17, 15) is 4.79 Å². The molecule has 0 aliphatic heterocycles. The second kappa shape index (κ2) is 8.74. The molecule has 0 aliphatic carbocycles. The first-order chi connectivity index (χ1) is 15.1. The molecule has 2 aromatic heterocycles. The van der Waals surface area contributed by atoms with Crippen molar-refractivity contribution in [1.29, 1.82) is 0 Å². The number of nitrogens with zero attached hydrogens (tertiary/aromatic N) is 6. The Bertz CT molecular complexity index is 1250. The van der Waals surface area contributed by atoms with Crippen LogP contribution in [0, 0.1) is 0 Å². The number of ether oxygens (including phenoxy) is 1. The maximum absolute atomic E-state index is 12.5. The smallest absolute Gasteiger partial charge is 0.343 e. The molecule has 0 saturated heterocycles. The Morgan fingerprint density at radius 1 is 1.06 bits per heavy atom. The highest BCUT2D eigenvalue weighted by Crippen LogP contribution is 2.31. The molecule has 2 aromatic carbocycles. The van der Waals surface area contributed by atoms with Gasteiger partial charge in [0.25, 0.3) is 0 Å². The molecule has 4 aromatic rings. The van der Waals surface area contributed by atoms with E-state index in [-0.39, 0.29) is 12.2 Å². The minimum atomic E-state index is -0.488. The first kappa shape index (κ1) is 20.2. The molecule has 0 bridgehead atoms. The number of aliphatic imine (C=N–C) groups is 1. The predicted molar refractivity (Wildman–Crippen MR) is 120 cm³/mol. The van der Waals surface area contributed by atoms with Gasteiger partial charge in [-0.2, -0.15) is 9.78 Å². The van der Waals surface area contributed by atoms with Crippen LogP contribution in [-0.2, 0) is 4.74 Å². The fraction of sp³-hybridized carbons (Fsp3) is 0.174. The number of rotatable bonds is 6. The Morgan fingerprint density at radius 3 is 2.48 bits per heavy atom. The molecular weight excluding hydrogens is 392 g/mol. The van der Waals surface area contributed by atoms with Crippen LogP contribution in [0.15, 0.2) is 65.8 Å². The Morgan fingerprint density at radius 2 is 1.77 bits per heavy atom. The molecule has 4 rings (SSSR count). The average Bonchev–Trinajstić information content (AvgIpc) is 3.21. The number of hydrogen-bond acceptors (Lipinski definition) is 6. The van der Waals surface area contributed by atoms with Crippen molar-refractivity contribution in [1.82, 2.24) is 24.9 Å². The van der Waals surface area contributed by atoms with Gasteiger partial charge in [0.05, 0.1) is 19.1 Å². The normalized spacial score (nSPS) is 11.2. The van der Waals surface area contributed by atoms with Crippen molar-refractivity contribution in [2.45, 2.75) is 6.92 Å². The standard InChI is InChI=1S/C23H22N6O2/c1-4-31-23(30)19-14-25-29(21(19)24-15-28(2)3)22-18-13-9-8-12-17(18)20(26-27-22)16-10-6-5-7-11-16/h5-15H,4H2,1-3H3/b24-15+. The molecule has 31 heavy (non-hydrogen) atoms. The van der Waals surface area contributed by atoms with Crippen molar-refractivity contribution in [3.63, 3.8) is 0 Å². The van der Waals surface area contributed by atoms with E-state index in [2.05, 4.69) is 20.3 Å². The summed E-state index contributed by atoms with van der Waals surface area (Å²) in [6.07, 6.45) is 3.05. The van der Waals surface area contributed by atoms with Crippen LogP contribution >= 0.6 is 0 Å². The summed E-state index contributed by atoms with van der Waals surface area (Å²) in [5.74, 6) is 0.327. The van der Waals surface area contributed by atoms with Crippen LogP contribution in [0.3, 0.4) is 0 Å². The van der Waals surface area contributed by atoms with Gasteiger partial charge in [0.1, 0.15) is 11.3 Å². The van der Waals surface area contributed by atoms with Gasteiger partial charge in [0.15, 0.2) is 11.6 Å². The number of carbonyl (C=O) groups excluding carboxylic acids is 1. The molecule has 0 spiro atoms. The Labute approximate surface area is 179 Å². The molecule has 0 fully saturated rings. The summed E-state index contributed by atoms with van der Waals surface area (Å²) in [6, 6.07) is 17.7. The van der Waals surface area contributed by atoms with Gasteiger partial charge in [-0.3, -0.25) is 0 Å². The zero-order valence-corrected chi connectivity index (χ0v) is 17.6. The van der Waals surface area contributed by atoms with E-state index in [1.54, 1.807) is 18.2 Å². The molecule has 0 aliphatic rings. The largest absolute Gasteiger partial charge is 0.462 e. The SMILES string of the molecule is CCOC(=O)c1cnn(-c2nnc(-c3ccccc3)c3ccccc23)c1/N=C/N(C)C. The van der Waals surface area contributed by atoms with Gasteiger partial charge in [0, 0.05) is 30.4 Å². The lowest BCUT2D eigenvalue weighted by atomic mass is 10.0. The van der Waals surface area contributed by atoms with Crippen molar-refractivity contribution in [2.24, 2.45) is 4.99 Å². The lowest BCUT2D eigenvalue weighted by Crippen LogP contribution is -2.10. The van der Waals surface area contributed by atoms with Crippen molar-refractivity contribution in [2.75, 3.05) is 20.7 Å². The van der Waals surface area contributed by atoms with Gasteiger partial charge in [-0.1, -0.05) is 54.6 Å². The fourth-order valence-corrected chi connectivity index (χ4v) is 3.20. The number of benzene rings is 2. The topological polar surface area (TPSA) is 85.5 Å². The van der Waals surface area contributed by atoms with Crippen LogP contribution in [0.2, 0.25) is 0 Å². The average molecular weight is 414 g/mol. The number of carbonyl (C=O) groups is 1. The second-order valence-electron chi connectivity index (χ2n) is 7.01. The van der Waals surface area contributed by atoms with Crippen LogP contribution in [0.5, 0.6) is 0 Å². The minimum Gasteiger partial charge on any atom is -0.462 e. The maximum Gasteiger partial charge on any atom is 0.343 e. The fourth-order valence-electron chi connectivity index (χ4n) is 3.20. The monoisotopic (exact) mass is 414 g/mol. The maximum atomic E-state index is 12.5. The molecule has 0 unspecified atom stereocenters. The second-order valence-corrected chi connectivity index (χ2v) is 7.01. The molecular formula is C23H22N6O2. The Balaban J connectivity index is 1.93. The van der Waals surface area contributed by atoms with Gasteiger partial charge in [0.2, 0.25) is 0 Å². The van der Waals surface area contributed by atoms with Gasteiger partial charge in [-0.25, -0.2) is 9.79 Å². The molecule has 8 heteroatoms. The van der Waals surface area contributed by atoms with Gasteiger partial charge in [-0.05, 0) is 6.92 Å². The highest BCUT2D eigenvalue weighted by molar-refractivity contribution is 5.99. The quantitative estimate of drug-likeness (QED) is 0.270. The van der Waals surface area contributed by atoms with E-state index in [1.807, 2.05) is 68.7 Å². The molecule has 0 atom stereocenters. The summed E-state index contributed by atoms with van der Waals surface area (Å²) < 4.78 is 6.70. The van der Waals surface area contributed by atoms with E-state index < -0.39 is 5.97 Å². The molecule has 156 valence electrons. The minimum absolute atomic E-state index is 0.259. The van der Waals surface area contributed by atoms with Crippen LogP contribution in [0.4, 0.5) is 5.82 Å². The molecule has 8 nitrogen and oxygen atoms in total. The zero-order valence-electron chi connectivity index (χ0n) is 17.6. The van der Waals surface area contributed by atoms with Crippen LogP contribution in [-0.4, -0.2) is 57.9 Å². The Hall–Kier alpha value is -4.07. The van der Waals surface area contributed by atoms with E-state index in [0.29, 0.717) is 11.6 Å². The number of esters is 1. The third kappa shape index (κ3) is 4.00. The van der Waals surface area contributed by atoms with Crippen molar-refractivity contribution < 1.29 is 9.53 Å². The molecule has 2 heterocycles. The summed E-state index contributed by atoms with van der Waals surface area (Å²) in [5.41, 5.74) is 2.00. The lowest BCUT2D eigenvalue weighted by Gasteiger charge is -2.11. The van der Waals surface area contributed by atoms with Gasteiger partial charge >= 0.3 is 5.97 Å². The summed E-state index contributed by atoms with van der Waals surface area (Å²) in [5, 5.41) is 15.1. The van der Waals surface area contributed by atoms with Crippen molar-refractivity contribution >= 4 is 28.9 Å². The summed E-state index contributed by atoms with van der Waals surface area (Å²) in [7, 11) is 3.69. The van der Waals surface area contributed by atoms with Crippen LogP contribution in [0.1, 0.15) is 17.3 Å². The van der Waals surface area contributed by atoms with Gasteiger partial charge in [-0.15, -0.1) is 10.2 Å². The third-order valence-electron chi connectivity index (χ3n) is 4.57. The van der Waals surface area contributed by atoms with E-state index in [1.165, 1.54) is 10.9 Å². The molecule has 0 amide bonds. The molecule has 0 saturated carbocycles. The predicted octanol–water partition coefficient (Wildman–Crippen LogP) is 3.88. The van der Waals surface area contributed by atoms with Crippen LogP contribution in [0.25, 0.3) is 27.8 Å². The molecule has 0 N–H and O–H groups in total. The van der Waals surface area contributed by atoms with E-state index >= 15 is 0 Å². The third-order valence-corrected chi connectivity index (χ3v) is 4.57. The van der Waals surface area contributed by atoms with Gasteiger partial charge < -0.3 is 9.64 Å². The first-order valence-electron chi connectivity index (χ1n) is 9.87. The lowest BCUT2D eigenvalue weighted by molar-refractivity contribution is 0.0527. The number of fused-ring (bicyclic) bond motifs is 1. The van der Waals surface area contributed by atoms with E-state index in [4.69, 9.17) is 4.74 Å². The highest BCUT2D eigenvalue weighted by atomic mass is 16.5. The molecule has 0 radical (unpaired) electrons. The van der Waals surface area contributed by atoms with E-state index in [0.717, 1.165) is 22.0 Å². The Kier molecular flexibility index (Phi) is 5.70. The van der Waals surface area contributed by atoms with Crippen molar-refractivity contribution in [3.05, 3.63) is 66.4 Å². The summed E-state index contributed by atoms with van der Waals surface area (Å²) in [4.78, 5) is 18.7. The summed E-state index contributed by atoms with van der Waals surface area (Å²) >= 11 is 0. The number of hydrogen-bond donors (Lipinski definition) is 0. The first-order valence-corrected chi connectivity index (χ1v) is 9.87. The van der Waals surface area contributed by atoms with Crippen molar-refractivity contribution in [3.8, 4) is 17.1 Å². The number of aromatic nitrogens is 4. The highest BCUT2D eigenvalue weighted by Gasteiger charge is 2.22. The summed E-state index contributed by atoms with van der Waals surface area (Å²) in [6.45, 7) is 2.02. The van der Waals surface area contributed by atoms with Crippen LogP contribution < -0.4 is 0 Å².